The fourth-order valence-electron chi connectivity index (χ4n) is 2.93. The van der Waals surface area contributed by atoms with Crippen molar-refractivity contribution in [1.29, 1.82) is 0 Å². The molecular formula is C15H21NO4. The molecule has 1 saturated heterocycles. The van der Waals surface area contributed by atoms with Gasteiger partial charge in [-0.05, 0) is 37.0 Å². The Balaban J connectivity index is 1.58. The first-order valence-electron chi connectivity index (χ1n) is 7.18. The van der Waals surface area contributed by atoms with Crippen LogP contribution in [0.15, 0.2) is 18.2 Å². The highest BCUT2D eigenvalue weighted by molar-refractivity contribution is 5.44. The molecule has 5 heteroatoms. The minimum Gasteiger partial charge on any atom is -0.454 e. The molecule has 2 N–H and O–H groups in total. The predicted octanol–water partition coefficient (Wildman–Crippen LogP) is 0.775. The largest absolute Gasteiger partial charge is 0.454 e. The lowest BCUT2D eigenvalue weighted by Crippen LogP contribution is -2.47. The first kappa shape index (κ1) is 13.7. The number of piperidine rings is 1. The number of ether oxygens (including phenoxy) is 2. The standard InChI is InChI=1S/C15H21NO4/c17-9-12-8-13(18)4-6-16(12)5-3-11-1-2-14-15(7-11)20-10-19-14/h1-2,7,12-13,17-18H,3-6,8-10H2. The van der Waals surface area contributed by atoms with E-state index in [-0.39, 0.29) is 18.8 Å². The summed E-state index contributed by atoms with van der Waals surface area (Å²) in [6, 6.07) is 6.10. The lowest BCUT2D eigenvalue weighted by atomic mass is 9.99. The van der Waals surface area contributed by atoms with Crippen molar-refractivity contribution in [2.24, 2.45) is 0 Å². The molecule has 0 aliphatic carbocycles. The lowest BCUT2D eigenvalue weighted by molar-refractivity contribution is 0.0177. The Morgan fingerprint density at radius 2 is 2.10 bits per heavy atom. The minimum atomic E-state index is -0.269. The zero-order chi connectivity index (χ0) is 13.9. The van der Waals surface area contributed by atoms with Gasteiger partial charge in [-0.15, -0.1) is 0 Å². The van der Waals surface area contributed by atoms with Crippen LogP contribution in [-0.2, 0) is 6.42 Å². The fourth-order valence-corrected chi connectivity index (χ4v) is 2.93. The van der Waals surface area contributed by atoms with Crippen LogP contribution in [0.25, 0.3) is 0 Å². The molecule has 2 atom stereocenters. The van der Waals surface area contributed by atoms with Crippen LogP contribution < -0.4 is 9.47 Å². The van der Waals surface area contributed by atoms with Crippen LogP contribution in [0.1, 0.15) is 18.4 Å². The number of hydrogen-bond donors (Lipinski definition) is 2. The van der Waals surface area contributed by atoms with Crippen molar-refractivity contribution in [1.82, 2.24) is 4.90 Å². The number of nitrogens with zero attached hydrogens (tertiary/aromatic N) is 1. The maximum absolute atomic E-state index is 9.65. The van der Waals surface area contributed by atoms with E-state index >= 15 is 0 Å². The van der Waals surface area contributed by atoms with Crippen molar-refractivity contribution in [3.8, 4) is 11.5 Å². The highest BCUT2D eigenvalue weighted by atomic mass is 16.7. The number of benzene rings is 1. The first-order chi connectivity index (χ1) is 9.76. The molecule has 110 valence electrons. The second-order valence-corrected chi connectivity index (χ2v) is 5.49. The third kappa shape index (κ3) is 2.90. The van der Waals surface area contributed by atoms with Crippen LogP contribution in [0, 0.1) is 0 Å². The summed E-state index contributed by atoms with van der Waals surface area (Å²) in [5, 5.41) is 19.1. The van der Waals surface area contributed by atoms with Crippen LogP contribution in [0.3, 0.4) is 0 Å². The van der Waals surface area contributed by atoms with Gasteiger partial charge < -0.3 is 19.7 Å². The number of aliphatic hydroxyl groups excluding tert-OH is 2. The zero-order valence-electron chi connectivity index (χ0n) is 11.5. The molecule has 2 unspecified atom stereocenters. The maximum atomic E-state index is 9.65. The average Bonchev–Trinajstić information content (AvgIpc) is 2.93. The molecule has 2 aliphatic heterocycles. The molecule has 0 bridgehead atoms. The average molecular weight is 279 g/mol. The molecule has 0 spiro atoms. The first-order valence-corrected chi connectivity index (χ1v) is 7.18. The van der Waals surface area contributed by atoms with Crippen molar-refractivity contribution in [3.05, 3.63) is 23.8 Å². The Morgan fingerprint density at radius 3 is 2.95 bits per heavy atom. The Bertz CT molecular complexity index is 465. The number of likely N-dealkylation sites (tertiary alicyclic amines) is 1. The number of hydrogen-bond acceptors (Lipinski definition) is 5. The van der Waals surface area contributed by atoms with Gasteiger partial charge >= 0.3 is 0 Å². The minimum absolute atomic E-state index is 0.0766. The van der Waals surface area contributed by atoms with Gasteiger partial charge in [-0.2, -0.15) is 0 Å². The van der Waals surface area contributed by atoms with Gasteiger partial charge in [-0.1, -0.05) is 6.07 Å². The van der Waals surface area contributed by atoms with Gasteiger partial charge in [0.05, 0.1) is 12.7 Å². The summed E-state index contributed by atoms with van der Waals surface area (Å²) in [5.74, 6) is 1.62. The highest BCUT2D eigenvalue weighted by Gasteiger charge is 2.26. The lowest BCUT2D eigenvalue weighted by Gasteiger charge is -2.36. The zero-order valence-corrected chi connectivity index (χ0v) is 11.5. The van der Waals surface area contributed by atoms with Gasteiger partial charge in [-0.25, -0.2) is 0 Å². The molecule has 1 fully saturated rings. The maximum Gasteiger partial charge on any atom is 0.231 e. The fraction of sp³-hybridized carbons (Fsp3) is 0.600. The topological polar surface area (TPSA) is 62.2 Å². The normalized spacial score (nSPS) is 25.9. The van der Waals surface area contributed by atoms with Crippen LogP contribution in [0.2, 0.25) is 0 Å². The number of aliphatic hydroxyl groups is 2. The summed E-state index contributed by atoms with van der Waals surface area (Å²) in [5.41, 5.74) is 1.21. The van der Waals surface area contributed by atoms with E-state index in [1.54, 1.807) is 0 Å². The van der Waals surface area contributed by atoms with Crippen molar-refractivity contribution in [2.75, 3.05) is 26.5 Å². The summed E-state index contributed by atoms with van der Waals surface area (Å²) in [7, 11) is 0. The van der Waals surface area contributed by atoms with Crippen LogP contribution in [-0.4, -0.2) is 53.7 Å². The summed E-state index contributed by atoms with van der Waals surface area (Å²) >= 11 is 0. The van der Waals surface area contributed by atoms with E-state index in [0.717, 1.165) is 37.4 Å². The number of fused-ring (bicyclic) bond motifs is 1. The molecule has 0 aromatic heterocycles. The Hall–Kier alpha value is -1.30. The monoisotopic (exact) mass is 279 g/mol. The molecule has 2 heterocycles. The van der Waals surface area contributed by atoms with Crippen molar-refractivity contribution in [2.45, 2.75) is 31.4 Å². The van der Waals surface area contributed by atoms with Crippen LogP contribution in [0.4, 0.5) is 0 Å². The van der Waals surface area contributed by atoms with Crippen LogP contribution >= 0.6 is 0 Å². The smallest absolute Gasteiger partial charge is 0.231 e. The van der Waals surface area contributed by atoms with E-state index in [2.05, 4.69) is 11.0 Å². The van der Waals surface area contributed by atoms with Gasteiger partial charge in [0.2, 0.25) is 6.79 Å². The van der Waals surface area contributed by atoms with Gasteiger partial charge in [0.1, 0.15) is 0 Å². The molecule has 0 amide bonds. The van der Waals surface area contributed by atoms with E-state index < -0.39 is 0 Å². The van der Waals surface area contributed by atoms with Gasteiger partial charge in [0.25, 0.3) is 0 Å². The van der Waals surface area contributed by atoms with Crippen LogP contribution in [0.5, 0.6) is 11.5 Å². The molecule has 3 rings (SSSR count). The second kappa shape index (κ2) is 5.99. The predicted molar refractivity (Wildman–Crippen MR) is 74.0 cm³/mol. The van der Waals surface area contributed by atoms with E-state index in [1.165, 1.54) is 5.56 Å². The quantitative estimate of drug-likeness (QED) is 0.852. The molecule has 1 aromatic carbocycles. The van der Waals surface area contributed by atoms with Crippen molar-refractivity contribution in [3.63, 3.8) is 0 Å². The highest BCUT2D eigenvalue weighted by Crippen LogP contribution is 2.32. The van der Waals surface area contributed by atoms with Gasteiger partial charge in [0.15, 0.2) is 11.5 Å². The SMILES string of the molecule is OCC1CC(O)CCN1CCc1ccc2c(c1)OCO2. The summed E-state index contributed by atoms with van der Waals surface area (Å²) in [6.07, 6.45) is 2.09. The molecular weight excluding hydrogens is 258 g/mol. The molecule has 20 heavy (non-hydrogen) atoms. The summed E-state index contributed by atoms with van der Waals surface area (Å²) in [6.45, 7) is 2.14. The van der Waals surface area contributed by atoms with E-state index in [1.807, 2.05) is 12.1 Å². The Morgan fingerprint density at radius 1 is 1.25 bits per heavy atom. The molecule has 5 nitrogen and oxygen atoms in total. The third-order valence-corrected chi connectivity index (χ3v) is 4.15. The van der Waals surface area contributed by atoms with Gasteiger partial charge in [-0.3, -0.25) is 4.90 Å². The molecule has 0 radical (unpaired) electrons. The number of rotatable bonds is 4. The van der Waals surface area contributed by atoms with Gasteiger partial charge in [0, 0.05) is 19.1 Å². The van der Waals surface area contributed by atoms with Crippen molar-refractivity contribution < 1.29 is 19.7 Å². The van der Waals surface area contributed by atoms with E-state index in [4.69, 9.17) is 9.47 Å². The molecule has 0 saturated carbocycles. The second-order valence-electron chi connectivity index (χ2n) is 5.49. The molecule has 1 aromatic rings. The Kier molecular flexibility index (Phi) is 4.10. The Labute approximate surface area is 118 Å². The summed E-state index contributed by atoms with van der Waals surface area (Å²) in [4.78, 5) is 2.26. The van der Waals surface area contributed by atoms with Crippen molar-refractivity contribution >= 4 is 0 Å². The summed E-state index contributed by atoms with van der Waals surface area (Å²) < 4.78 is 10.7. The van der Waals surface area contributed by atoms with E-state index in [9.17, 15) is 10.2 Å². The third-order valence-electron chi connectivity index (χ3n) is 4.15. The molecule has 2 aliphatic rings. The van der Waals surface area contributed by atoms with E-state index in [0.29, 0.717) is 13.2 Å².